The molecule has 1 saturated heterocycles. The first kappa shape index (κ1) is 28.2. The van der Waals surface area contributed by atoms with Gasteiger partial charge in [0.1, 0.15) is 17.5 Å². The van der Waals surface area contributed by atoms with Crippen molar-refractivity contribution in [1.29, 1.82) is 0 Å². The fraction of sp³-hybridized carbons (Fsp3) is 0.533. The van der Waals surface area contributed by atoms with Crippen LogP contribution in [0.2, 0.25) is 0 Å². The number of nitrogens with one attached hydrogen (secondary N) is 2. The molecule has 2 aliphatic heterocycles. The molecule has 0 unspecified atom stereocenters. The summed E-state index contributed by atoms with van der Waals surface area (Å²) in [6.07, 6.45) is 5.57. The molecule has 1 aliphatic carbocycles. The number of rotatable bonds is 8. The summed E-state index contributed by atoms with van der Waals surface area (Å²) in [6.45, 7) is 9.05. The first-order valence-corrected chi connectivity index (χ1v) is 14.4. The minimum atomic E-state index is -0.394. The number of pyridine rings is 1. The number of anilines is 2. The van der Waals surface area contributed by atoms with Gasteiger partial charge in [0, 0.05) is 74.0 Å². The first-order valence-electron chi connectivity index (χ1n) is 14.4. The second kappa shape index (κ2) is 12.9. The van der Waals surface area contributed by atoms with E-state index in [0.29, 0.717) is 17.8 Å². The Kier molecular flexibility index (Phi) is 9.06. The highest BCUT2D eigenvalue weighted by Crippen LogP contribution is 2.38. The standard InChI is InChI=1S/C30H39FN6O3/c1-20(2)34-29(38)22-5-9-25(10-6-22)37-26-18-27(32-11-12-36-13-15-40-16-14-36)33-19-23(26)17-28(37)35-30(39)21-3-7-24(31)8-4-21/h3-4,7-8,18-20,22,25H,5-6,9-17H2,1-2H3,(H,32,33)(H,34,38). The van der Waals surface area contributed by atoms with Crippen molar-refractivity contribution in [2.45, 2.75) is 58.0 Å². The van der Waals surface area contributed by atoms with E-state index in [1.807, 2.05) is 20.0 Å². The van der Waals surface area contributed by atoms with Crippen LogP contribution < -0.4 is 15.5 Å². The molecule has 3 heterocycles. The SMILES string of the molecule is CC(C)NC(=O)C1CCC(N2C(=NC(=O)c3ccc(F)cc3)Cc3cnc(NCCN4CCOCC4)cc32)CC1. The zero-order chi connectivity index (χ0) is 28.1. The summed E-state index contributed by atoms with van der Waals surface area (Å²) in [5, 5.41) is 6.50. The lowest BCUT2D eigenvalue weighted by atomic mass is 9.84. The molecule has 3 aliphatic rings. The minimum Gasteiger partial charge on any atom is -0.379 e. The van der Waals surface area contributed by atoms with Crippen molar-refractivity contribution in [2.24, 2.45) is 10.9 Å². The van der Waals surface area contributed by atoms with Gasteiger partial charge in [-0.2, -0.15) is 4.99 Å². The van der Waals surface area contributed by atoms with Crippen molar-refractivity contribution in [2.75, 3.05) is 49.6 Å². The van der Waals surface area contributed by atoms with Gasteiger partial charge in [-0.25, -0.2) is 9.37 Å². The minimum absolute atomic E-state index is 0.00295. The average Bonchev–Trinajstić information content (AvgIpc) is 3.30. The van der Waals surface area contributed by atoms with E-state index in [1.54, 1.807) is 0 Å². The molecule has 10 heteroatoms. The third-order valence-corrected chi connectivity index (χ3v) is 7.87. The van der Waals surface area contributed by atoms with Gasteiger partial charge in [0.25, 0.3) is 5.91 Å². The molecule has 40 heavy (non-hydrogen) atoms. The number of amides is 2. The van der Waals surface area contributed by atoms with E-state index in [4.69, 9.17) is 4.74 Å². The zero-order valence-electron chi connectivity index (χ0n) is 23.4. The molecule has 0 radical (unpaired) electrons. The number of ether oxygens (including phenoxy) is 1. The van der Waals surface area contributed by atoms with Crippen LogP contribution in [0.15, 0.2) is 41.5 Å². The van der Waals surface area contributed by atoms with Gasteiger partial charge in [0.2, 0.25) is 5.91 Å². The quantitative estimate of drug-likeness (QED) is 0.518. The van der Waals surface area contributed by atoms with Crippen molar-refractivity contribution >= 4 is 29.2 Å². The maximum atomic E-state index is 13.4. The number of nitrogens with zero attached hydrogens (tertiary/aromatic N) is 4. The van der Waals surface area contributed by atoms with Gasteiger partial charge >= 0.3 is 0 Å². The lowest BCUT2D eigenvalue weighted by molar-refractivity contribution is -0.126. The van der Waals surface area contributed by atoms with Crippen LogP contribution in [0.25, 0.3) is 0 Å². The van der Waals surface area contributed by atoms with Crippen molar-refractivity contribution in [3.05, 3.63) is 53.5 Å². The molecule has 2 N–H and O–H groups in total. The van der Waals surface area contributed by atoms with E-state index in [9.17, 15) is 14.0 Å². The normalized spacial score (nSPS) is 22.4. The van der Waals surface area contributed by atoms with E-state index in [1.165, 1.54) is 24.3 Å². The summed E-state index contributed by atoms with van der Waals surface area (Å²) in [4.78, 5) is 39.4. The Bertz CT molecular complexity index is 1220. The van der Waals surface area contributed by atoms with Gasteiger partial charge in [0.15, 0.2) is 0 Å². The molecule has 0 atom stereocenters. The van der Waals surface area contributed by atoms with Crippen molar-refractivity contribution in [3.8, 4) is 0 Å². The van der Waals surface area contributed by atoms with E-state index >= 15 is 0 Å². The molecule has 2 aromatic rings. The molecule has 0 spiro atoms. The molecule has 9 nitrogen and oxygen atoms in total. The number of benzene rings is 1. The van der Waals surface area contributed by atoms with Crippen LogP contribution in [-0.4, -0.2) is 79.0 Å². The highest BCUT2D eigenvalue weighted by molar-refractivity contribution is 6.12. The molecule has 2 amide bonds. The Morgan fingerprint density at radius 3 is 2.55 bits per heavy atom. The Hall–Kier alpha value is -3.37. The summed E-state index contributed by atoms with van der Waals surface area (Å²) >= 11 is 0. The Labute approximate surface area is 235 Å². The second-order valence-corrected chi connectivity index (χ2v) is 11.1. The number of aliphatic imine (C=N–C) groups is 1. The Balaban J connectivity index is 1.34. The van der Waals surface area contributed by atoms with Gasteiger partial charge in [-0.1, -0.05) is 0 Å². The van der Waals surface area contributed by atoms with Crippen LogP contribution in [0, 0.1) is 11.7 Å². The zero-order valence-corrected chi connectivity index (χ0v) is 23.4. The second-order valence-electron chi connectivity index (χ2n) is 11.1. The molecule has 2 fully saturated rings. The number of hydrogen-bond donors (Lipinski definition) is 2. The summed E-state index contributed by atoms with van der Waals surface area (Å²) < 4.78 is 18.9. The number of halogens is 1. The Morgan fingerprint density at radius 1 is 1.12 bits per heavy atom. The van der Waals surface area contributed by atoms with Crippen LogP contribution in [-0.2, 0) is 16.0 Å². The maximum Gasteiger partial charge on any atom is 0.278 e. The highest BCUT2D eigenvalue weighted by atomic mass is 19.1. The number of carbonyl (C=O) groups is 2. The van der Waals surface area contributed by atoms with Crippen molar-refractivity contribution < 1.29 is 18.7 Å². The summed E-state index contributed by atoms with van der Waals surface area (Å²) in [7, 11) is 0. The van der Waals surface area contributed by atoms with Gasteiger partial charge < -0.3 is 20.3 Å². The van der Waals surface area contributed by atoms with Crippen LogP contribution in [0.4, 0.5) is 15.9 Å². The molecule has 5 rings (SSSR count). The highest BCUT2D eigenvalue weighted by Gasteiger charge is 2.36. The fourth-order valence-electron chi connectivity index (χ4n) is 5.77. The third kappa shape index (κ3) is 6.85. The van der Waals surface area contributed by atoms with Crippen LogP contribution in [0.3, 0.4) is 0 Å². The van der Waals surface area contributed by atoms with Gasteiger partial charge in [0.05, 0.1) is 18.9 Å². The molecule has 0 bridgehead atoms. The van der Waals surface area contributed by atoms with Crippen LogP contribution in [0.5, 0.6) is 0 Å². The lowest BCUT2D eigenvalue weighted by Crippen LogP contribution is -2.44. The van der Waals surface area contributed by atoms with E-state index in [-0.39, 0.29) is 23.9 Å². The topological polar surface area (TPSA) is 99.2 Å². The van der Waals surface area contributed by atoms with E-state index < -0.39 is 11.7 Å². The smallest absolute Gasteiger partial charge is 0.278 e. The van der Waals surface area contributed by atoms with Gasteiger partial charge in [-0.05, 0) is 63.8 Å². The number of fused-ring (bicyclic) bond motifs is 1. The molecular formula is C30H39FN6O3. The monoisotopic (exact) mass is 550 g/mol. The predicted molar refractivity (Wildman–Crippen MR) is 153 cm³/mol. The van der Waals surface area contributed by atoms with E-state index in [0.717, 1.165) is 82.1 Å². The summed E-state index contributed by atoms with van der Waals surface area (Å²) in [5.74, 6) is 0.787. The summed E-state index contributed by atoms with van der Waals surface area (Å²) in [6, 6.07) is 7.77. The number of morpholine rings is 1. The van der Waals surface area contributed by atoms with Crippen LogP contribution >= 0.6 is 0 Å². The number of hydrogen-bond acceptors (Lipinski definition) is 6. The predicted octanol–water partition coefficient (Wildman–Crippen LogP) is 3.65. The largest absolute Gasteiger partial charge is 0.379 e. The molecule has 1 aromatic carbocycles. The first-order chi connectivity index (χ1) is 19.4. The van der Waals surface area contributed by atoms with Crippen LogP contribution in [0.1, 0.15) is 55.5 Å². The number of aromatic nitrogens is 1. The molecule has 214 valence electrons. The fourth-order valence-corrected chi connectivity index (χ4v) is 5.77. The summed E-state index contributed by atoms with van der Waals surface area (Å²) in [5.41, 5.74) is 2.37. The van der Waals surface area contributed by atoms with Crippen molar-refractivity contribution in [1.82, 2.24) is 15.2 Å². The third-order valence-electron chi connectivity index (χ3n) is 7.87. The Morgan fingerprint density at radius 2 is 1.85 bits per heavy atom. The number of carbonyl (C=O) groups excluding carboxylic acids is 2. The van der Waals surface area contributed by atoms with Gasteiger partial charge in [-0.15, -0.1) is 0 Å². The maximum absolute atomic E-state index is 13.4. The van der Waals surface area contributed by atoms with Gasteiger partial charge in [-0.3, -0.25) is 14.5 Å². The number of amidine groups is 1. The average molecular weight is 551 g/mol. The molecular weight excluding hydrogens is 511 g/mol. The van der Waals surface area contributed by atoms with E-state index in [2.05, 4.69) is 36.5 Å². The molecule has 1 saturated carbocycles. The lowest BCUT2D eigenvalue weighted by Gasteiger charge is -2.36. The molecule has 1 aromatic heterocycles. The van der Waals surface area contributed by atoms with Crippen molar-refractivity contribution in [3.63, 3.8) is 0 Å².